The molecule has 5 nitrogen and oxygen atoms in total. The smallest absolute Gasteiger partial charge is 0.448 e. The van der Waals surface area contributed by atoms with Gasteiger partial charge in [-0.25, -0.2) is 9.78 Å². The third kappa shape index (κ3) is 4.85. The van der Waals surface area contributed by atoms with E-state index in [4.69, 9.17) is 9.84 Å². The van der Waals surface area contributed by atoms with Crippen LogP contribution in [0.3, 0.4) is 0 Å². The van der Waals surface area contributed by atoms with Gasteiger partial charge in [-0.05, 0) is 39.0 Å². The molecule has 1 aromatic carbocycles. The third-order valence-electron chi connectivity index (χ3n) is 2.60. The first-order valence-electron chi connectivity index (χ1n) is 6.82. The summed E-state index contributed by atoms with van der Waals surface area (Å²) in [7, 11) is 0. The van der Waals surface area contributed by atoms with Crippen molar-refractivity contribution >= 4 is 39.4 Å². The molecule has 0 aliphatic heterocycles. The molecule has 2 rings (SSSR count). The number of alkyl halides is 3. The van der Waals surface area contributed by atoms with Crippen LogP contribution < -0.4 is 5.32 Å². The Hall–Kier alpha value is -2.29. The van der Waals surface area contributed by atoms with Crippen molar-refractivity contribution in [2.75, 3.05) is 5.32 Å². The number of aromatic nitrogens is 1. The van der Waals surface area contributed by atoms with E-state index >= 15 is 0 Å². The number of hydrogen-bond donors (Lipinski definition) is 2. The highest BCUT2D eigenvalue weighted by molar-refractivity contribution is 7.19. The monoisotopic (exact) mass is 360 g/mol. The molecule has 0 saturated heterocycles. The van der Waals surface area contributed by atoms with E-state index in [1.807, 2.05) is 0 Å². The zero-order chi connectivity index (χ0) is 18.1. The van der Waals surface area contributed by atoms with Crippen molar-refractivity contribution in [1.82, 2.24) is 4.98 Å². The lowest BCUT2D eigenvalue weighted by atomic mass is 10.2. The number of nitrogens with one attached hydrogen (secondary N) is 1. The molecule has 0 fully saturated rings. The van der Waals surface area contributed by atoms with Gasteiger partial charge >= 0.3 is 12.3 Å². The lowest BCUT2D eigenvalue weighted by Gasteiger charge is -2.19. The second-order valence-corrected chi connectivity index (χ2v) is 6.95. The Morgan fingerprint density at radius 1 is 1.33 bits per heavy atom. The third-order valence-corrected chi connectivity index (χ3v) is 3.57. The highest BCUT2D eigenvalue weighted by Gasteiger charge is 2.34. The second-order valence-electron chi connectivity index (χ2n) is 5.89. The van der Waals surface area contributed by atoms with Crippen LogP contribution in [-0.4, -0.2) is 28.0 Å². The van der Waals surface area contributed by atoms with E-state index in [2.05, 4.69) is 10.3 Å². The fraction of sp³-hybridized carbons (Fsp3) is 0.333. The van der Waals surface area contributed by atoms with Gasteiger partial charge in [0.15, 0.2) is 0 Å². The molecule has 2 N–H and O–H groups in total. The van der Waals surface area contributed by atoms with Crippen molar-refractivity contribution in [3.05, 3.63) is 29.0 Å². The van der Waals surface area contributed by atoms with Gasteiger partial charge in [-0.3, -0.25) is 5.32 Å². The minimum absolute atomic E-state index is 0.00856. The molecule has 24 heavy (non-hydrogen) atoms. The van der Waals surface area contributed by atoms with Crippen LogP contribution in [0, 0.1) is 0 Å². The Bertz CT molecular complexity index is 791. The number of halogens is 3. The number of nitrogens with zero attached hydrogens (tertiary/aromatic N) is 1. The number of fused-ring (bicyclic) bond motifs is 1. The Kier molecular flexibility index (Phi) is 4.75. The maximum absolute atomic E-state index is 12.3. The number of rotatable bonds is 2. The van der Waals surface area contributed by atoms with E-state index in [0.717, 1.165) is 11.3 Å². The van der Waals surface area contributed by atoms with E-state index in [1.54, 1.807) is 39.0 Å². The Balaban J connectivity index is 2.22. The van der Waals surface area contributed by atoms with Crippen LogP contribution in [0.25, 0.3) is 16.3 Å². The maximum atomic E-state index is 12.3. The molecule has 0 aliphatic carbocycles. The number of amides is 1. The summed E-state index contributed by atoms with van der Waals surface area (Å²) in [6.07, 6.45) is -4.89. The fourth-order valence-corrected chi connectivity index (χ4v) is 2.65. The number of ether oxygens (including phenoxy) is 1. The summed E-state index contributed by atoms with van der Waals surface area (Å²) < 4.78 is 42.7. The van der Waals surface area contributed by atoms with Gasteiger partial charge in [0.1, 0.15) is 10.6 Å². The van der Waals surface area contributed by atoms with Gasteiger partial charge in [-0.1, -0.05) is 0 Å². The van der Waals surface area contributed by atoms with E-state index in [-0.39, 0.29) is 5.01 Å². The van der Waals surface area contributed by atoms with E-state index in [0.29, 0.717) is 22.0 Å². The summed E-state index contributed by atoms with van der Waals surface area (Å²) >= 11 is 0.956. The largest absolute Gasteiger partial charge is 0.504 e. The summed E-state index contributed by atoms with van der Waals surface area (Å²) in [6, 6.07) is 4.68. The number of aliphatic hydroxyl groups is 1. The van der Waals surface area contributed by atoms with Gasteiger partial charge in [-0.15, -0.1) is 11.3 Å². The number of thiazole rings is 1. The quantitative estimate of drug-likeness (QED) is 0.731. The molecular formula is C15H15F3N2O3S. The van der Waals surface area contributed by atoms with E-state index < -0.39 is 23.6 Å². The number of benzene rings is 1. The normalized spacial score (nSPS) is 13.2. The van der Waals surface area contributed by atoms with Crippen LogP contribution in [0.5, 0.6) is 0 Å². The van der Waals surface area contributed by atoms with Crippen LogP contribution >= 0.6 is 11.3 Å². The fourth-order valence-electron chi connectivity index (χ4n) is 1.70. The number of aliphatic hydroxyl groups excluding tert-OH is 1. The first-order chi connectivity index (χ1) is 10.9. The van der Waals surface area contributed by atoms with Crippen LogP contribution in [0.4, 0.5) is 23.7 Å². The molecule has 0 saturated carbocycles. The molecule has 0 bridgehead atoms. The van der Waals surface area contributed by atoms with Crippen molar-refractivity contribution < 1.29 is 27.8 Å². The number of carbonyl (C=O) groups is 1. The average Bonchev–Trinajstić information content (AvgIpc) is 2.76. The molecule has 0 radical (unpaired) electrons. The predicted molar refractivity (Wildman–Crippen MR) is 86.1 cm³/mol. The second kappa shape index (κ2) is 6.31. The zero-order valence-electron chi connectivity index (χ0n) is 13.1. The van der Waals surface area contributed by atoms with Crippen LogP contribution in [-0.2, 0) is 4.74 Å². The zero-order valence-corrected chi connectivity index (χ0v) is 13.9. The van der Waals surface area contributed by atoms with E-state index in [9.17, 15) is 18.0 Å². The molecular weight excluding hydrogens is 345 g/mol. The highest BCUT2D eigenvalue weighted by Crippen LogP contribution is 2.30. The summed E-state index contributed by atoms with van der Waals surface area (Å²) in [5.41, 5.74) is 0.234. The van der Waals surface area contributed by atoms with Crippen LogP contribution in [0.1, 0.15) is 25.8 Å². The molecule has 0 aliphatic rings. The summed E-state index contributed by atoms with van der Waals surface area (Å²) in [5, 5.41) is 11.5. The number of hydrogen-bond acceptors (Lipinski definition) is 5. The molecule has 0 unspecified atom stereocenters. The highest BCUT2D eigenvalue weighted by atomic mass is 32.1. The lowest BCUT2D eigenvalue weighted by molar-refractivity contribution is -0.119. The topological polar surface area (TPSA) is 71.5 Å². The SMILES string of the molecule is CC(C)(C)OC(=O)Nc1ccc2nc(/C=C(\O)C(F)(F)F)sc2c1. The Labute approximate surface area is 139 Å². The van der Waals surface area contributed by atoms with Crippen molar-refractivity contribution in [3.63, 3.8) is 0 Å². The molecule has 2 aromatic rings. The van der Waals surface area contributed by atoms with Gasteiger partial charge in [0.25, 0.3) is 0 Å². The average molecular weight is 360 g/mol. The van der Waals surface area contributed by atoms with Crippen LogP contribution in [0.15, 0.2) is 24.0 Å². The molecule has 1 heterocycles. The minimum Gasteiger partial charge on any atom is -0.504 e. The number of anilines is 1. The first kappa shape index (κ1) is 18.1. The molecule has 0 spiro atoms. The van der Waals surface area contributed by atoms with Gasteiger partial charge < -0.3 is 9.84 Å². The van der Waals surface area contributed by atoms with Crippen LogP contribution in [0.2, 0.25) is 0 Å². The minimum atomic E-state index is -4.82. The maximum Gasteiger partial charge on any atom is 0.448 e. The summed E-state index contributed by atoms with van der Waals surface area (Å²) in [6.45, 7) is 5.18. The van der Waals surface area contributed by atoms with Gasteiger partial charge in [0.2, 0.25) is 5.76 Å². The molecule has 1 aromatic heterocycles. The molecule has 9 heteroatoms. The van der Waals surface area contributed by atoms with Crippen molar-refractivity contribution in [1.29, 1.82) is 0 Å². The number of allylic oxidation sites excluding steroid dienone is 1. The van der Waals surface area contributed by atoms with Crippen molar-refractivity contribution in [2.24, 2.45) is 0 Å². The van der Waals surface area contributed by atoms with Crippen molar-refractivity contribution in [2.45, 2.75) is 32.5 Å². The predicted octanol–water partition coefficient (Wildman–Crippen LogP) is 5.10. The van der Waals surface area contributed by atoms with Crippen molar-refractivity contribution in [3.8, 4) is 0 Å². The summed E-state index contributed by atoms with van der Waals surface area (Å²) in [5.74, 6) is -1.71. The standard InChI is InChI=1S/C15H15F3N2O3S/c1-14(2,3)23-13(22)19-8-4-5-9-10(6-8)24-12(20-9)7-11(21)15(16,17)18/h4-7,21H,1-3H3,(H,19,22)/b11-7-. The molecule has 0 atom stereocenters. The number of carbonyl (C=O) groups excluding carboxylic acids is 1. The van der Waals surface area contributed by atoms with E-state index in [1.165, 1.54) is 0 Å². The molecule has 130 valence electrons. The van der Waals surface area contributed by atoms with Gasteiger partial charge in [0.05, 0.1) is 10.2 Å². The lowest BCUT2D eigenvalue weighted by Crippen LogP contribution is -2.27. The molecule has 1 amide bonds. The Morgan fingerprint density at radius 3 is 2.58 bits per heavy atom. The summed E-state index contributed by atoms with van der Waals surface area (Å²) in [4.78, 5) is 15.7. The first-order valence-corrected chi connectivity index (χ1v) is 7.64. The van der Waals surface area contributed by atoms with Gasteiger partial charge in [0, 0.05) is 11.8 Å². The Morgan fingerprint density at radius 2 is 2.00 bits per heavy atom. The van der Waals surface area contributed by atoms with Gasteiger partial charge in [-0.2, -0.15) is 13.2 Å².